The predicted molar refractivity (Wildman–Crippen MR) is 73.4 cm³/mol. The van der Waals surface area contributed by atoms with Gasteiger partial charge < -0.3 is 10.2 Å². The van der Waals surface area contributed by atoms with Crippen LogP contribution in [0.25, 0.3) is 0 Å². The maximum Gasteiger partial charge on any atom is 0.0586 e. The van der Waals surface area contributed by atoms with Crippen LogP contribution in [0.4, 0.5) is 0 Å². The zero-order valence-electron chi connectivity index (χ0n) is 11.9. The van der Waals surface area contributed by atoms with Crippen LogP contribution in [-0.2, 0) is 0 Å². The summed E-state index contributed by atoms with van der Waals surface area (Å²) in [5.41, 5.74) is 0.369. The van der Waals surface area contributed by atoms with E-state index in [0.29, 0.717) is 17.4 Å². The van der Waals surface area contributed by atoms with Gasteiger partial charge in [0.25, 0.3) is 0 Å². The third-order valence-corrected chi connectivity index (χ3v) is 4.90. The van der Waals surface area contributed by atoms with Crippen LogP contribution < -0.4 is 0 Å². The summed E-state index contributed by atoms with van der Waals surface area (Å²) < 4.78 is 0. The Morgan fingerprint density at radius 2 is 2.00 bits per heavy atom. The highest BCUT2D eigenvalue weighted by Crippen LogP contribution is 2.39. The summed E-state index contributed by atoms with van der Waals surface area (Å²) in [6, 6.07) is 0.330. The molecule has 1 aliphatic carbocycles. The summed E-state index contributed by atoms with van der Waals surface area (Å²) in [7, 11) is 0. The first kappa shape index (κ1) is 14.3. The van der Waals surface area contributed by atoms with Gasteiger partial charge in [-0.25, -0.2) is 0 Å². The quantitative estimate of drug-likeness (QED) is 0.811. The van der Waals surface area contributed by atoms with Crippen LogP contribution in [0.5, 0.6) is 0 Å². The van der Waals surface area contributed by atoms with Gasteiger partial charge in [0, 0.05) is 12.6 Å². The second kappa shape index (κ2) is 5.89. The summed E-state index contributed by atoms with van der Waals surface area (Å²) >= 11 is 0. The molecule has 0 aromatic heterocycles. The zero-order valence-corrected chi connectivity index (χ0v) is 11.9. The van der Waals surface area contributed by atoms with Crippen molar-refractivity contribution in [2.75, 3.05) is 19.7 Å². The van der Waals surface area contributed by atoms with E-state index < -0.39 is 0 Å². The highest BCUT2D eigenvalue weighted by Gasteiger charge is 2.36. The summed E-state index contributed by atoms with van der Waals surface area (Å²) in [6.07, 6.45) is 6.64. The van der Waals surface area contributed by atoms with Crippen molar-refractivity contribution in [2.45, 2.75) is 64.5 Å². The van der Waals surface area contributed by atoms with Crippen molar-refractivity contribution in [3.8, 4) is 0 Å². The number of aliphatic hydroxyl groups is 2. The average Bonchev–Trinajstić information content (AvgIpc) is 2.34. The molecule has 3 heteroatoms. The van der Waals surface area contributed by atoms with Gasteiger partial charge in [-0.05, 0) is 50.0 Å². The zero-order chi connectivity index (χ0) is 13.2. The van der Waals surface area contributed by atoms with Crippen LogP contribution in [0.15, 0.2) is 0 Å². The molecule has 0 bridgehead atoms. The van der Waals surface area contributed by atoms with Gasteiger partial charge in [0.05, 0.1) is 12.7 Å². The van der Waals surface area contributed by atoms with Crippen LogP contribution in [0, 0.1) is 11.3 Å². The first-order valence-electron chi connectivity index (χ1n) is 7.55. The van der Waals surface area contributed by atoms with E-state index in [-0.39, 0.29) is 12.7 Å². The normalized spacial score (nSPS) is 37.7. The minimum Gasteiger partial charge on any atom is -0.395 e. The molecule has 2 rings (SSSR count). The largest absolute Gasteiger partial charge is 0.395 e. The first-order valence-corrected chi connectivity index (χ1v) is 7.55. The molecular formula is C15H29NO2. The van der Waals surface area contributed by atoms with Crippen molar-refractivity contribution in [3.05, 3.63) is 0 Å². The number of rotatable bonds is 3. The van der Waals surface area contributed by atoms with Gasteiger partial charge in [0.2, 0.25) is 0 Å². The van der Waals surface area contributed by atoms with Crippen LogP contribution >= 0.6 is 0 Å². The Hall–Kier alpha value is -0.120. The smallest absolute Gasteiger partial charge is 0.0586 e. The Bertz CT molecular complexity index is 267. The standard InChI is InChI=1S/C15H29NO2/c1-15(2)7-6-14(18)12(9-15)10-16-8-4-3-5-13(16)11-17/h12-14,17-18H,3-11H2,1-2H3. The van der Waals surface area contributed by atoms with Crippen molar-refractivity contribution in [3.63, 3.8) is 0 Å². The fourth-order valence-electron chi connectivity index (χ4n) is 3.72. The summed E-state index contributed by atoms with van der Waals surface area (Å²) in [4.78, 5) is 2.42. The van der Waals surface area contributed by atoms with Crippen LogP contribution in [0.3, 0.4) is 0 Å². The van der Waals surface area contributed by atoms with Gasteiger partial charge >= 0.3 is 0 Å². The fourth-order valence-corrected chi connectivity index (χ4v) is 3.72. The van der Waals surface area contributed by atoms with Crippen molar-refractivity contribution >= 4 is 0 Å². The van der Waals surface area contributed by atoms with Gasteiger partial charge in [-0.15, -0.1) is 0 Å². The molecular weight excluding hydrogens is 226 g/mol. The Kier molecular flexibility index (Phi) is 4.68. The molecule has 3 atom stereocenters. The van der Waals surface area contributed by atoms with E-state index in [1.165, 1.54) is 12.8 Å². The van der Waals surface area contributed by atoms with E-state index >= 15 is 0 Å². The van der Waals surface area contributed by atoms with Crippen molar-refractivity contribution in [1.82, 2.24) is 4.90 Å². The average molecular weight is 255 g/mol. The highest BCUT2D eigenvalue weighted by atomic mass is 16.3. The number of piperidine rings is 1. The van der Waals surface area contributed by atoms with Crippen molar-refractivity contribution in [1.29, 1.82) is 0 Å². The third kappa shape index (κ3) is 3.46. The third-order valence-electron chi connectivity index (χ3n) is 4.90. The maximum atomic E-state index is 10.2. The lowest BCUT2D eigenvalue weighted by molar-refractivity contribution is -0.0144. The predicted octanol–water partition coefficient (Wildman–Crippen LogP) is 2.02. The van der Waals surface area contributed by atoms with E-state index in [1.807, 2.05) is 0 Å². The van der Waals surface area contributed by atoms with Gasteiger partial charge in [0.1, 0.15) is 0 Å². The SMILES string of the molecule is CC1(C)CCC(O)C(CN2CCCCC2CO)C1. The monoisotopic (exact) mass is 255 g/mol. The molecule has 1 aliphatic heterocycles. The van der Waals surface area contributed by atoms with Crippen LogP contribution in [0.2, 0.25) is 0 Å². The van der Waals surface area contributed by atoms with Crippen molar-refractivity contribution in [2.24, 2.45) is 11.3 Å². The lowest BCUT2D eigenvalue weighted by atomic mass is 9.70. The van der Waals surface area contributed by atoms with Crippen molar-refractivity contribution < 1.29 is 10.2 Å². The molecule has 3 nitrogen and oxygen atoms in total. The summed E-state index contributed by atoms with van der Waals surface area (Å²) in [5.74, 6) is 0.390. The first-order chi connectivity index (χ1) is 8.52. The minimum absolute atomic E-state index is 0.140. The maximum absolute atomic E-state index is 10.2. The van der Waals surface area contributed by atoms with E-state index in [9.17, 15) is 10.2 Å². The Morgan fingerprint density at radius 1 is 1.22 bits per heavy atom. The summed E-state index contributed by atoms with van der Waals surface area (Å²) in [6.45, 7) is 6.95. The number of likely N-dealkylation sites (tertiary alicyclic amines) is 1. The Labute approximate surface area is 111 Å². The Balaban J connectivity index is 1.93. The van der Waals surface area contributed by atoms with Gasteiger partial charge in [-0.1, -0.05) is 20.3 Å². The van der Waals surface area contributed by atoms with Crippen LogP contribution in [-0.4, -0.2) is 47.0 Å². The number of hydrogen-bond acceptors (Lipinski definition) is 3. The number of aliphatic hydroxyl groups excluding tert-OH is 2. The molecule has 2 fully saturated rings. The van der Waals surface area contributed by atoms with Crippen LogP contribution in [0.1, 0.15) is 52.4 Å². The molecule has 106 valence electrons. The van der Waals surface area contributed by atoms with E-state index in [1.54, 1.807) is 0 Å². The topological polar surface area (TPSA) is 43.7 Å². The molecule has 0 spiro atoms. The molecule has 1 saturated carbocycles. The molecule has 2 aliphatic rings. The van der Waals surface area contributed by atoms with E-state index in [2.05, 4.69) is 18.7 Å². The minimum atomic E-state index is -0.140. The van der Waals surface area contributed by atoms with Gasteiger partial charge in [-0.3, -0.25) is 4.90 Å². The molecule has 0 radical (unpaired) electrons. The molecule has 18 heavy (non-hydrogen) atoms. The highest BCUT2D eigenvalue weighted by molar-refractivity contribution is 4.88. The molecule has 0 amide bonds. The lowest BCUT2D eigenvalue weighted by Crippen LogP contribution is -2.48. The fraction of sp³-hybridized carbons (Fsp3) is 1.00. The Morgan fingerprint density at radius 3 is 2.72 bits per heavy atom. The molecule has 0 aromatic carbocycles. The van der Waals surface area contributed by atoms with E-state index in [4.69, 9.17) is 0 Å². The number of nitrogens with zero attached hydrogens (tertiary/aromatic N) is 1. The van der Waals surface area contributed by atoms with Gasteiger partial charge in [0.15, 0.2) is 0 Å². The van der Waals surface area contributed by atoms with Gasteiger partial charge in [-0.2, -0.15) is 0 Å². The second-order valence-corrected chi connectivity index (χ2v) is 7.06. The summed E-state index contributed by atoms with van der Waals surface area (Å²) in [5, 5.41) is 19.7. The molecule has 1 saturated heterocycles. The van der Waals surface area contributed by atoms with E-state index in [0.717, 1.165) is 38.8 Å². The lowest BCUT2D eigenvalue weighted by Gasteiger charge is -2.43. The number of hydrogen-bond donors (Lipinski definition) is 2. The molecule has 3 unspecified atom stereocenters. The second-order valence-electron chi connectivity index (χ2n) is 7.06. The molecule has 0 aromatic rings. The molecule has 1 heterocycles. The molecule has 2 N–H and O–H groups in total.